The first-order valence-corrected chi connectivity index (χ1v) is 18.1. The summed E-state index contributed by atoms with van der Waals surface area (Å²) in [7, 11) is 3.91. The number of amides is 1. The molecular formula is C38H40Cl2FN5O5. The van der Waals surface area contributed by atoms with Gasteiger partial charge in [-0.05, 0) is 62.4 Å². The van der Waals surface area contributed by atoms with E-state index in [1.807, 2.05) is 49.0 Å². The summed E-state index contributed by atoms with van der Waals surface area (Å²) in [5.74, 6) is -0.754. The Morgan fingerprint density at radius 1 is 1.02 bits per heavy atom. The molecule has 1 amide bonds. The Balaban J connectivity index is 1.10. The summed E-state index contributed by atoms with van der Waals surface area (Å²) in [4.78, 5) is 37.6. The molecule has 13 heteroatoms. The average Bonchev–Trinajstić information content (AvgIpc) is 3.65. The Morgan fingerprint density at radius 3 is 2.57 bits per heavy atom. The van der Waals surface area contributed by atoms with Gasteiger partial charge in [-0.2, -0.15) is 0 Å². The molecule has 1 atom stereocenters. The van der Waals surface area contributed by atoms with Crippen LogP contribution in [0.3, 0.4) is 0 Å². The van der Waals surface area contributed by atoms with Crippen LogP contribution in [0, 0.1) is 11.7 Å². The zero-order chi connectivity index (χ0) is 35.8. The second-order valence-corrected chi connectivity index (χ2v) is 14.1. The molecular weight excluding hydrogens is 696 g/mol. The van der Waals surface area contributed by atoms with E-state index in [1.54, 1.807) is 19.1 Å². The van der Waals surface area contributed by atoms with Gasteiger partial charge in [0.1, 0.15) is 22.6 Å². The second kappa shape index (κ2) is 14.8. The number of nitrogens with one attached hydrogen (secondary N) is 2. The zero-order valence-corrected chi connectivity index (χ0v) is 30.3. The lowest BCUT2D eigenvalue weighted by Crippen LogP contribution is -2.29. The monoisotopic (exact) mass is 735 g/mol. The number of ether oxygens (including phenoxy) is 2. The molecule has 2 aliphatic carbocycles. The van der Waals surface area contributed by atoms with Crippen molar-refractivity contribution in [1.82, 2.24) is 19.9 Å². The fraction of sp³-hybridized carbons (Fsp3) is 0.395. The number of halogens is 3. The third-order valence-corrected chi connectivity index (χ3v) is 10.8. The average molecular weight is 737 g/mol. The van der Waals surface area contributed by atoms with E-state index in [2.05, 4.69) is 20.7 Å². The van der Waals surface area contributed by atoms with Crippen molar-refractivity contribution in [2.75, 3.05) is 25.5 Å². The molecule has 268 valence electrons. The van der Waals surface area contributed by atoms with Gasteiger partial charge in [0.2, 0.25) is 0 Å². The predicted molar refractivity (Wildman–Crippen MR) is 193 cm³/mol. The topological polar surface area (TPSA) is 107 Å². The molecule has 1 aromatic heterocycles. The number of carbonyl (C=O) groups is 2. The van der Waals surface area contributed by atoms with Gasteiger partial charge < -0.3 is 29.1 Å². The summed E-state index contributed by atoms with van der Waals surface area (Å²) in [6, 6.07) is 13.1. The zero-order valence-electron chi connectivity index (χ0n) is 28.8. The molecule has 1 aliphatic heterocycles. The van der Waals surface area contributed by atoms with Gasteiger partial charge in [0.05, 0.1) is 35.5 Å². The van der Waals surface area contributed by atoms with Gasteiger partial charge in [-0.25, -0.2) is 9.37 Å². The van der Waals surface area contributed by atoms with Crippen molar-refractivity contribution >= 4 is 40.8 Å². The standard InChI is InChI=1S/C38H40Cl2FN5O5/c1-4-49-31-18-32(34(40)35(41)26(31)19-42-51-38(48)21-8-5-9-21)50-30-15-14-23-22(10-6-11-24(23)30)25-12-7-13-27(33(25)39)44-37(47)36-43-28-20-45(2)17-16-29(28)46(36)3/h6-7,10-13,18,21,30,42H,4-5,8-9,14-17,19-20H2,1-3H3,(H,44,47). The maximum Gasteiger partial charge on any atom is 0.327 e. The molecule has 0 saturated heterocycles. The number of imidazole rings is 1. The van der Waals surface area contributed by atoms with Crippen LogP contribution in [-0.2, 0) is 42.6 Å². The number of benzene rings is 3. The van der Waals surface area contributed by atoms with Crippen molar-refractivity contribution in [2.24, 2.45) is 13.0 Å². The van der Waals surface area contributed by atoms with E-state index >= 15 is 4.39 Å². The summed E-state index contributed by atoms with van der Waals surface area (Å²) in [5, 5.41) is 3.21. The van der Waals surface area contributed by atoms with E-state index in [1.165, 1.54) is 0 Å². The van der Waals surface area contributed by atoms with Gasteiger partial charge in [-0.3, -0.25) is 9.59 Å². The summed E-state index contributed by atoms with van der Waals surface area (Å²) >= 11 is 13.5. The number of fused-ring (bicyclic) bond motifs is 2. The van der Waals surface area contributed by atoms with Crippen molar-refractivity contribution in [3.8, 4) is 22.6 Å². The number of hydrogen-bond acceptors (Lipinski definition) is 8. The molecule has 0 bridgehead atoms. The van der Waals surface area contributed by atoms with Gasteiger partial charge in [0.25, 0.3) is 5.91 Å². The molecule has 3 aliphatic rings. The Labute approximate surface area is 306 Å². The molecule has 51 heavy (non-hydrogen) atoms. The Hall–Kier alpha value is -4.16. The van der Waals surface area contributed by atoms with Crippen LogP contribution in [-0.4, -0.2) is 46.5 Å². The van der Waals surface area contributed by atoms with Gasteiger partial charge >= 0.3 is 5.97 Å². The lowest BCUT2D eigenvalue weighted by Gasteiger charge is -2.23. The Morgan fingerprint density at radius 2 is 1.80 bits per heavy atom. The van der Waals surface area contributed by atoms with E-state index in [4.69, 9.17) is 37.5 Å². The smallest absolute Gasteiger partial charge is 0.327 e. The number of likely N-dealkylation sites (N-methyl/N-ethyl adjacent to an activating group) is 1. The minimum absolute atomic E-state index is 0.114. The number of aromatic nitrogens is 2. The van der Waals surface area contributed by atoms with Crippen LogP contribution in [0.2, 0.25) is 10.0 Å². The van der Waals surface area contributed by atoms with Crippen molar-refractivity contribution in [1.29, 1.82) is 0 Å². The molecule has 2 heterocycles. The lowest BCUT2D eigenvalue weighted by molar-refractivity contribution is -0.159. The van der Waals surface area contributed by atoms with Crippen LogP contribution >= 0.6 is 23.2 Å². The van der Waals surface area contributed by atoms with Gasteiger partial charge in [0.15, 0.2) is 11.6 Å². The van der Waals surface area contributed by atoms with E-state index in [9.17, 15) is 9.59 Å². The third kappa shape index (κ3) is 6.92. The first-order chi connectivity index (χ1) is 24.6. The van der Waals surface area contributed by atoms with Crippen molar-refractivity contribution in [3.05, 3.63) is 92.2 Å². The highest BCUT2D eigenvalue weighted by Crippen LogP contribution is 2.45. The van der Waals surface area contributed by atoms with Crippen molar-refractivity contribution in [2.45, 2.75) is 64.6 Å². The van der Waals surface area contributed by atoms with Crippen LogP contribution in [0.15, 0.2) is 42.5 Å². The fourth-order valence-electron chi connectivity index (χ4n) is 7.08. The first-order valence-electron chi connectivity index (χ1n) is 17.3. The van der Waals surface area contributed by atoms with E-state index in [0.717, 1.165) is 65.9 Å². The molecule has 1 unspecified atom stereocenters. The van der Waals surface area contributed by atoms with E-state index < -0.39 is 11.9 Å². The molecule has 4 aromatic rings. The highest BCUT2D eigenvalue weighted by Gasteiger charge is 2.31. The summed E-state index contributed by atoms with van der Waals surface area (Å²) in [6.07, 6.45) is 4.33. The number of rotatable bonds is 11. The molecule has 3 aromatic carbocycles. The summed E-state index contributed by atoms with van der Waals surface area (Å²) in [5.41, 5.74) is 8.86. The summed E-state index contributed by atoms with van der Waals surface area (Å²) in [6.45, 7) is 3.58. The lowest BCUT2D eigenvalue weighted by atomic mass is 9.86. The Kier molecular flexibility index (Phi) is 10.2. The van der Waals surface area contributed by atoms with Crippen LogP contribution < -0.4 is 20.3 Å². The quantitative estimate of drug-likeness (QED) is 0.152. The highest BCUT2D eigenvalue weighted by molar-refractivity contribution is 6.36. The first kappa shape index (κ1) is 35.3. The minimum Gasteiger partial charge on any atom is -0.493 e. The number of nitrogens with zero attached hydrogens (tertiary/aromatic N) is 3. The molecule has 1 fully saturated rings. The number of hydroxylamine groups is 1. The Bertz CT molecular complexity index is 2000. The molecule has 10 nitrogen and oxygen atoms in total. The minimum atomic E-state index is -0.708. The van der Waals surface area contributed by atoms with E-state index in [-0.39, 0.29) is 53.0 Å². The molecule has 2 N–H and O–H groups in total. The predicted octanol–water partition coefficient (Wildman–Crippen LogP) is 7.59. The maximum absolute atomic E-state index is 15.7. The molecule has 1 saturated carbocycles. The number of anilines is 1. The number of hydrogen-bond donors (Lipinski definition) is 2. The molecule has 0 spiro atoms. The van der Waals surface area contributed by atoms with Gasteiger partial charge in [-0.15, -0.1) is 5.48 Å². The van der Waals surface area contributed by atoms with E-state index in [0.29, 0.717) is 35.9 Å². The van der Waals surface area contributed by atoms with Crippen LogP contribution in [0.5, 0.6) is 11.5 Å². The maximum atomic E-state index is 15.7. The van der Waals surface area contributed by atoms with Crippen molar-refractivity contribution < 1.29 is 28.3 Å². The highest BCUT2D eigenvalue weighted by atomic mass is 35.5. The third-order valence-electron chi connectivity index (χ3n) is 10.1. The largest absolute Gasteiger partial charge is 0.493 e. The fourth-order valence-corrected chi connectivity index (χ4v) is 7.57. The van der Waals surface area contributed by atoms with Gasteiger partial charge in [0, 0.05) is 49.4 Å². The summed E-state index contributed by atoms with van der Waals surface area (Å²) < 4.78 is 29.7. The second-order valence-electron chi connectivity index (χ2n) is 13.3. The van der Waals surface area contributed by atoms with Crippen molar-refractivity contribution in [3.63, 3.8) is 0 Å². The normalized spacial score (nSPS) is 17.0. The number of carbonyl (C=O) groups excluding carboxylic acids is 2. The van der Waals surface area contributed by atoms with Gasteiger partial charge in [-0.1, -0.05) is 60.0 Å². The van der Waals surface area contributed by atoms with Crippen LogP contribution in [0.1, 0.15) is 77.4 Å². The molecule has 0 radical (unpaired) electrons. The van der Waals surface area contributed by atoms with Crippen LogP contribution in [0.25, 0.3) is 11.1 Å². The van der Waals surface area contributed by atoms with Crippen LogP contribution in [0.4, 0.5) is 10.1 Å². The SMILES string of the molecule is CCOc1cc(OC2CCc3c(-c4cccc(NC(=O)c5nc6c(n5C)CCN(C)C6)c4Cl)cccc32)c(Cl)c(F)c1CNOC(=O)C1CCC1. The molecule has 7 rings (SSSR count).